The van der Waals surface area contributed by atoms with Gasteiger partial charge in [-0.15, -0.1) is 0 Å². The number of carbonyl (C=O) groups excluding carboxylic acids is 1. The van der Waals surface area contributed by atoms with Crippen LogP contribution in [-0.2, 0) is 4.79 Å². The lowest BCUT2D eigenvalue weighted by atomic mass is 9.98. The van der Waals surface area contributed by atoms with Crippen LogP contribution >= 0.6 is 11.8 Å². The number of aliphatic hydroxyl groups excluding tert-OH is 1. The van der Waals surface area contributed by atoms with Crippen molar-refractivity contribution < 1.29 is 9.90 Å². The van der Waals surface area contributed by atoms with E-state index in [-0.39, 0.29) is 10.9 Å². The maximum absolute atomic E-state index is 11.8. The van der Waals surface area contributed by atoms with Crippen LogP contribution in [0.15, 0.2) is 35.0 Å². The Morgan fingerprint density at radius 1 is 1.64 bits per heavy atom. The quantitative estimate of drug-likeness (QED) is 0.712. The van der Waals surface area contributed by atoms with Crippen LogP contribution in [0.3, 0.4) is 0 Å². The third-order valence-electron chi connectivity index (χ3n) is 2.25. The summed E-state index contributed by atoms with van der Waals surface area (Å²) in [6, 6.07) is 0. The molecule has 1 aliphatic heterocycles. The molecular weight excluding hydrogens is 196 g/mol. The highest BCUT2D eigenvalue weighted by atomic mass is 32.2. The van der Waals surface area contributed by atoms with Crippen molar-refractivity contribution in [2.45, 2.75) is 25.5 Å². The molecule has 76 valence electrons. The second-order valence-electron chi connectivity index (χ2n) is 3.56. The van der Waals surface area contributed by atoms with E-state index in [0.717, 1.165) is 5.57 Å². The van der Waals surface area contributed by atoms with E-state index in [1.165, 1.54) is 11.8 Å². The van der Waals surface area contributed by atoms with Gasteiger partial charge < -0.3 is 5.11 Å². The highest BCUT2D eigenvalue weighted by Crippen LogP contribution is 2.43. The van der Waals surface area contributed by atoms with Gasteiger partial charge >= 0.3 is 0 Å². The Bertz CT molecular complexity index is 352. The first-order chi connectivity index (χ1) is 6.40. The van der Waals surface area contributed by atoms with Crippen LogP contribution < -0.4 is 0 Å². The van der Waals surface area contributed by atoms with Gasteiger partial charge in [-0.2, -0.15) is 0 Å². The van der Waals surface area contributed by atoms with E-state index < -0.39 is 4.75 Å². The molecule has 0 bridgehead atoms. The van der Waals surface area contributed by atoms with Crippen LogP contribution in [-0.4, -0.2) is 15.6 Å². The van der Waals surface area contributed by atoms with Crippen LogP contribution in [0, 0.1) is 0 Å². The molecule has 0 saturated heterocycles. The van der Waals surface area contributed by atoms with Crippen LogP contribution in [0.5, 0.6) is 0 Å². The summed E-state index contributed by atoms with van der Waals surface area (Å²) in [5.41, 5.74) is 1.39. The highest BCUT2D eigenvalue weighted by Gasteiger charge is 2.41. The van der Waals surface area contributed by atoms with Gasteiger partial charge in [0.15, 0.2) is 10.9 Å². The number of hydrogen-bond donors (Lipinski definition) is 1. The molecule has 2 nitrogen and oxygen atoms in total. The Morgan fingerprint density at radius 3 is 2.57 bits per heavy atom. The molecule has 0 aliphatic carbocycles. The molecule has 1 aliphatic rings. The summed E-state index contributed by atoms with van der Waals surface area (Å²) in [5.74, 6) is -0.0267. The third-order valence-corrected chi connectivity index (χ3v) is 3.47. The maximum atomic E-state index is 11.8. The monoisotopic (exact) mass is 210 g/mol. The normalized spacial score (nSPS) is 28.5. The van der Waals surface area contributed by atoms with Gasteiger partial charge in [-0.1, -0.05) is 36.1 Å². The number of ketones is 1. The van der Waals surface area contributed by atoms with Gasteiger partial charge in [0.2, 0.25) is 0 Å². The van der Waals surface area contributed by atoms with Crippen LogP contribution in [0.25, 0.3) is 0 Å². The molecule has 0 aromatic carbocycles. The summed E-state index contributed by atoms with van der Waals surface area (Å²) in [6.45, 7) is 8.97. The largest absolute Gasteiger partial charge is 0.502 e. The minimum absolute atomic E-state index is 0.0267. The number of Topliss-reactive ketones (excluding diaryl/α,β-unsaturated/α-hetero) is 1. The molecule has 3 heteroatoms. The highest BCUT2D eigenvalue weighted by molar-refractivity contribution is 8.05. The van der Waals surface area contributed by atoms with E-state index in [9.17, 15) is 9.90 Å². The molecule has 0 spiro atoms. The molecule has 1 heterocycles. The lowest BCUT2D eigenvalue weighted by Gasteiger charge is -2.16. The minimum atomic E-state index is -0.660. The van der Waals surface area contributed by atoms with Crippen molar-refractivity contribution in [3.05, 3.63) is 35.0 Å². The van der Waals surface area contributed by atoms with E-state index >= 15 is 0 Å². The number of carbonyl (C=O) groups is 1. The molecule has 0 aromatic rings. The number of thioether (sulfide) groups is 1. The van der Waals surface area contributed by atoms with E-state index in [1.54, 1.807) is 19.9 Å². The average Bonchev–Trinajstić information content (AvgIpc) is 2.30. The Hall–Kier alpha value is -0.960. The fourth-order valence-electron chi connectivity index (χ4n) is 1.38. The lowest BCUT2D eigenvalue weighted by molar-refractivity contribution is -0.116. The smallest absolute Gasteiger partial charge is 0.182 e. The fourth-order valence-corrected chi connectivity index (χ4v) is 2.52. The molecule has 0 amide bonds. The summed E-state index contributed by atoms with van der Waals surface area (Å²) in [7, 11) is 0. The molecule has 14 heavy (non-hydrogen) atoms. The van der Waals surface area contributed by atoms with E-state index in [1.807, 2.05) is 13.0 Å². The first-order valence-electron chi connectivity index (χ1n) is 4.36. The molecule has 1 atom stereocenters. The van der Waals surface area contributed by atoms with E-state index in [0.29, 0.717) is 5.57 Å². The van der Waals surface area contributed by atoms with Crippen molar-refractivity contribution in [3.8, 4) is 0 Å². The average molecular weight is 210 g/mol. The predicted octanol–water partition coefficient (Wildman–Crippen LogP) is 2.98. The summed E-state index contributed by atoms with van der Waals surface area (Å²) >= 11 is 1.19. The predicted molar refractivity (Wildman–Crippen MR) is 60.3 cm³/mol. The minimum Gasteiger partial charge on any atom is -0.502 e. The van der Waals surface area contributed by atoms with E-state index in [4.69, 9.17) is 0 Å². The van der Waals surface area contributed by atoms with Crippen LogP contribution in [0.1, 0.15) is 20.8 Å². The lowest BCUT2D eigenvalue weighted by Crippen LogP contribution is -2.25. The second-order valence-corrected chi connectivity index (χ2v) is 5.00. The topological polar surface area (TPSA) is 37.3 Å². The van der Waals surface area contributed by atoms with Crippen molar-refractivity contribution in [2.24, 2.45) is 0 Å². The summed E-state index contributed by atoms with van der Waals surface area (Å²) < 4.78 is -0.660. The SMILES string of the molecule is C=C/C(C)=C/[C@@]1(C)SC(O)=C(C)C1=O. The van der Waals surface area contributed by atoms with Crippen LogP contribution in [0.2, 0.25) is 0 Å². The Kier molecular flexibility index (Phi) is 2.90. The van der Waals surface area contributed by atoms with Gasteiger partial charge in [0.25, 0.3) is 0 Å². The zero-order valence-corrected chi connectivity index (χ0v) is 9.44. The first-order valence-corrected chi connectivity index (χ1v) is 5.18. The van der Waals surface area contributed by atoms with Gasteiger partial charge in [0.1, 0.15) is 4.75 Å². The standard InChI is InChI=1S/C11H14O2S/c1-5-7(2)6-11(4)9(12)8(3)10(13)14-11/h5-6,13H,1H2,2-4H3/b7-6+/t11-/m1/s1. The molecular formula is C11H14O2S. The van der Waals surface area contributed by atoms with Gasteiger partial charge in [-0.25, -0.2) is 0 Å². The van der Waals surface area contributed by atoms with Gasteiger partial charge in [-0.3, -0.25) is 4.79 Å². The van der Waals surface area contributed by atoms with Gasteiger partial charge in [0.05, 0.1) is 0 Å². The van der Waals surface area contributed by atoms with Crippen molar-refractivity contribution in [1.29, 1.82) is 0 Å². The second kappa shape index (κ2) is 3.65. The molecule has 0 radical (unpaired) electrons. The summed E-state index contributed by atoms with van der Waals surface area (Å²) in [5, 5.41) is 9.59. The number of aliphatic hydroxyl groups is 1. The van der Waals surface area contributed by atoms with Crippen molar-refractivity contribution in [2.75, 3.05) is 0 Å². The molecule has 0 saturated carbocycles. The Balaban J connectivity index is 3.03. The van der Waals surface area contributed by atoms with Crippen molar-refractivity contribution in [1.82, 2.24) is 0 Å². The number of allylic oxidation sites excluding steroid dienone is 3. The van der Waals surface area contributed by atoms with E-state index in [2.05, 4.69) is 6.58 Å². The number of hydrogen-bond acceptors (Lipinski definition) is 3. The molecule has 1 N–H and O–H groups in total. The van der Waals surface area contributed by atoms with Crippen LogP contribution in [0.4, 0.5) is 0 Å². The molecule has 1 rings (SSSR count). The fraction of sp³-hybridized carbons (Fsp3) is 0.364. The van der Waals surface area contributed by atoms with Crippen molar-refractivity contribution in [3.63, 3.8) is 0 Å². The Morgan fingerprint density at radius 2 is 2.21 bits per heavy atom. The van der Waals surface area contributed by atoms with Crippen molar-refractivity contribution >= 4 is 17.5 Å². The van der Waals surface area contributed by atoms with Gasteiger partial charge in [0, 0.05) is 5.57 Å². The summed E-state index contributed by atoms with van der Waals surface area (Å²) in [4.78, 5) is 11.8. The molecule has 0 fully saturated rings. The molecule has 0 aromatic heterocycles. The zero-order chi connectivity index (χ0) is 10.9. The van der Waals surface area contributed by atoms with Gasteiger partial charge in [-0.05, 0) is 20.8 Å². The first kappa shape index (κ1) is 11.1. The number of rotatable bonds is 2. The zero-order valence-electron chi connectivity index (χ0n) is 8.63. The Labute approximate surface area is 88.4 Å². The summed E-state index contributed by atoms with van der Waals surface area (Å²) in [6.07, 6.45) is 3.53. The molecule has 0 unspecified atom stereocenters. The third kappa shape index (κ3) is 1.77. The maximum Gasteiger partial charge on any atom is 0.182 e.